The summed E-state index contributed by atoms with van der Waals surface area (Å²) in [7, 11) is 0. The lowest BCUT2D eigenvalue weighted by Gasteiger charge is -2.29. The largest absolute Gasteiger partial charge is 0.489 e. The minimum Gasteiger partial charge on any atom is -0.489 e. The summed E-state index contributed by atoms with van der Waals surface area (Å²) in [5.74, 6) is 0.891. The Labute approximate surface area is 226 Å². The highest BCUT2D eigenvalue weighted by Gasteiger charge is 2.23. The maximum atomic E-state index is 14.8. The van der Waals surface area contributed by atoms with Crippen LogP contribution in [0, 0.1) is 5.82 Å². The van der Waals surface area contributed by atoms with Crippen molar-refractivity contribution >= 4 is 44.9 Å². The lowest BCUT2D eigenvalue weighted by Crippen LogP contribution is -2.39. The lowest BCUT2D eigenvalue weighted by molar-refractivity contribution is -0.117. The van der Waals surface area contributed by atoms with Gasteiger partial charge in [0.1, 0.15) is 12.4 Å². The molecule has 8 nitrogen and oxygen atoms in total. The Bertz CT molecular complexity index is 1250. The number of aromatic nitrogens is 2. The molecule has 202 valence electrons. The van der Waals surface area contributed by atoms with Crippen molar-refractivity contribution < 1.29 is 13.9 Å². The van der Waals surface area contributed by atoms with Crippen LogP contribution in [0.2, 0.25) is 0 Å². The van der Waals surface area contributed by atoms with Crippen molar-refractivity contribution in [1.29, 1.82) is 0 Å². The van der Waals surface area contributed by atoms with E-state index in [0.717, 1.165) is 61.4 Å². The summed E-state index contributed by atoms with van der Waals surface area (Å²) in [6, 6.07) is 7.24. The van der Waals surface area contributed by atoms with Crippen LogP contribution in [0.15, 0.2) is 42.3 Å². The monoisotopic (exact) mass is 538 g/mol. The van der Waals surface area contributed by atoms with E-state index in [2.05, 4.69) is 32.4 Å². The second-order valence-corrected chi connectivity index (χ2v) is 10.9. The molecule has 1 aliphatic carbocycles. The number of ether oxygens (including phenoxy) is 1. The number of carbonyl (C=O) groups excluding carboxylic acids is 1. The van der Waals surface area contributed by atoms with Crippen LogP contribution in [0.1, 0.15) is 44.9 Å². The maximum Gasteiger partial charge on any atom is 0.243 e. The van der Waals surface area contributed by atoms with Gasteiger partial charge in [0.25, 0.3) is 0 Å². The first-order valence-corrected chi connectivity index (χ1v) is 14.3. The number of benzene rings is 1. The van der Waals surface area contributed by atoms with E-state index in [0.29, 0.717) is 18.2 Å². The molecule has 38 heavy (non-hydrogen) atoms. The van der Waals surface area contributed by atoms with E-state index < -0.39 is 5.82 Å². The van der Waals surface area contributed by atoms with E-state index in [1.165, 1.54) is 31.4 Å². The molecule has 0 spiro atoms. The van der Waals surface area contributed by atoms with E-state index in [1.54, 1.807) is 23.5 Å². The summed E-state index contributed by atoms with van der Waals surface area (Å²) >= 11 is 1.59. The van der Waals surface area contributed by atoms with E-state index in [9.17, 15) is 9.18 Å². The molecule has 2 aromatic heterocycles. The molecule has 2 aliphatic rings. The Morgan fingerprint density at radius 2 is 1.92 bits per heavy atom. The van der Waals surface area contributed by atoms with Crippen LogP contribution in [0.4, 0.5) is 21.8 Å². The van der Waals surface area contributed by atoms with E-state index in [1.807, 2.05) is 11.4 Å². The Morgan fingerprint density at radius 1 is 1.13 bits per heavy atom. The summed E-state index contributed by atoms with van der Waals surface area (Å²) in [4.78, 5) is 23.3. The summed E-state index contributed by atoms with van der Waals surface area (Å²) < 4.78 is 21.5. The predicted molar refractivity (Wildman–Crippen MR) is 151 cm³/mol. The van der Waals surface area contributed by atoms with E-state index in [-0.39, 0.29) is 23.7 Å². The highest BCUT2D eigenvalue weighted by molar-refractivity contribution is 7.17. The third-order valence-electron chi connectivity index (χ3n) is 7.21. The normalized spacial score (nSPS) is 20.1. The van der Waals surface area contributed by atoms with Gasteiger partial charge in [0.2, 0.25) is 11.9 Å². The van der Waals surface area contributed by atoms with Crippen molar-refractivity contribution in [1.82, 2.24) is 20.2 Å². The number of amides is 1. The number of fused-ring (bicyclic) bond motifs is 1. The molecule has 1 saturated carbocycles. The van der Waals surface area contributed by atoms with Gasteiger partial charge in [0.15, 0.2) is 11.6 Å². The number of piperidine rings is 1. The van der Waals surface area contributed by atoms with Crippen molar-refractivity contribution in [2.75, 3.05) is 36.9 Å². The van der Waals surface area contributed by atoms with Crippen molar-refractivity contribution in [2.45, 2.75) is 57.0 Å². The van der Waals surface area contributed by atoms with Gasteiger partial charge in [-0.3, -0.25) is 9.69 Å². The Balaban J connectivity index is 1.20. The molecule has 3 heterocycles. The number of hydrogen-bond donors (Lipinski definition) is 3. The number of likely N-dealkylation sites (tertiary alicyclic amines) is 1. The van der Waals surface area contributed by atoms with Crippen molar-refractivity contribution in [2.24, 2.45) is 0 Å². The molecule has 1 aliphatic heterocycles. The second kappa shape index (κ2) is 12.5. The molecule has 0 unspecified atom stereocenters. The van der Waals surface area contributed by atoms with Crippen LogP contribution in [-0.2, 0) is 4.79 Å². The first-order valence-electron chi connectivity index (χ1n) is 13.4. The zero-order valence-corrected chi connectivity index (χ0v) is 22.4. The zero-order chi connectivity index (χ0) is 26.3. The number of nitrogens with one attached hydrogen (secondary N) is 3. The molecule has 5 rings (SSSR count). The summed E-state index contributed by atoms with van der Waals surface area (Å²) in [5, 5.41) is 11.7. The van der Waals surface area contributed by atoms with Gasteiger partial charge in [-0.1, -0.05) is 13.0 Å². The van der Waals surface area contributed by atoms with Crippen molar-refractivity contribution in [3.8, 4) is 5.75 Å². The summed E-state index contributed by atoms with van der Waals surface area (Å²) in [6.45, 7) is 6.99. The van der Waals surface area contributed by atoms with Gasteiger partial charge in [-0.25, -0.2) is 9.37 Å². The number of carbonyl (C=O) groups is 1. The average Bonchev–Trinajstić information content (AvgIpc) is 3.41. The number of halogens is 1. The number of rotatable bonds is 10. The molecule has 1 aromatic carbocycles. The average molecular weight is 539 g/mol. The minimum absolute atomic E-state index is 0.123. The molecule has 0 atom stereocenters. The topological polar surface area (TPSA) is 91.4 Å². The SMILES string of the molecule is C=CC(=O)N[C@H]1CC[C@@H](Nc2nc(Nc3ccc(OCCN4CCCCC4)c(F)c3)nc3ccsc23)CC1. The van der Waals surface area contributed by atoms with Gasteiger partial charge in [0.05, 0.1) is 10.2 Å². The highest BCUT2D eigenvalue weighted by atomic mass is 32.1. The third kappa shape index (κ3) is 6.79. The molecule has 3 N–H and O–H groups in total. The zero-order valence-electron chi connectivity index (χ0n) is 21.5. The Kier molecular flexibility index (Phi) is 8.70. The molecular weight excluding hydrogens is 503 g/mol. The molecular formula is C28H35FN6O2S. The quantitative estimate of drug-likeness (QED) is 0.295. The maximum absolute atomic E-state index is 14.8. The summed E-state index contributed by atoms with van der Waals surface area (Å²) in [5.41, 5.74) is 1.39. The molecule has 2 fully saturated rings. The Hall–Kier alpha value is -3.24. The molecule has 1 saturated heterocycles. The lowest BCUT2D eigenvalue weighted by atomic mass is 9.91. The third-order valence-corrected chi connectivity index (χ3v) is 8.12. The predicted octanol–water partition coefficient (Wildman–Crippen LogP) is 5.46. The van der Waals surface area contributed by atoms with Gasteiger partial charge in [-0.2, -0.15) is 4.98 Å². The fourth-order valence-corrected chi connectivity index (χ4v) is 5.93. The van der Waals surface area contributed by atoms with Crippen LogP contribution < -0.4 is 20.7 Å². The van der Waals surface area contributed by atoms with Crippen LogP contribution in [0.25, 0.3) is 10.2 Å². The Morgan fingerprint density at radius 3 is 2.68 bits per heavy atom. The first-order chi connectivity index (χ1) is 18.6. The van der Waals surface area contributed by atoms with Gasteiger partial charge in [-0.15, -0.1) is 11.3 Å². The number of anilines is 3. The second-order valence-electron chi connectivity index (χ2n) is 9.96. The molecule has 0 radical (unpaired) electrons. The van der Waals surface area contributed by atoms with E-state index in [4.69, 9.17) is 9.72 Å². The van der Waals surface area contributed by atoms with Crippen LogP contribution >= 0.6 is 11.3 Å². The van der Waals surface area contributed by atoms with Crippen molar-refractivity contribution in [3.63, 3.8) is 0 Å². The molecule has 3 aromatic rings. The fourth-order valence-electron chi connectivity index (χ4n) is 5.15. The smallest absolute Gasteiger partial charge is 0.243 e. The number of hydrogen-bond acceptors (Lipinski definition) is 8. The molecule has 1 amide bonds. The number of nitrogens with zero attached hydrogens (tertiary/aromatic N) is 3. The molecule has 10 heteroatoms. The van der Waals surface area contributed by atoms with Gasteiger partial charge >= 0.3 is 0 Å². The first kappa shape index (κ1) is 26.4. The molecule has 0 bridgehead atoms. The highest BCUT2D eigenvalue weighted by Crippen LogP contribution is 2.31. The van der Waals surface area contributed by atoms with Gasteiger partial charge < -0.3 is 20.7 Å². The van der Waals surface area contributed by atoms with Crippen LogP contribution in [0.3, 0.4) is 0 Å². The standard InChI is InChI=1S/C28H35FN6O2S/c1-2-25(36)30-19-6-8-20(9-7-19)31-27-26-23(12-17-38-26)33-28(34-27)32-21-10-11-24(22(29)18-21)37-16-15-35-13-4-3-5-14-35/h2,10-12,17-20H,1,3-9,13-16H2,(H,30,36)(H2,31,32,33,34)/t19-,20+. The van der Waals surface area contributed by atoms with Gasteiger partial charge in [0, 0.05) is 30.4 Å². The number of thiophene rings is 1. The van der Waals surface area contributed by atoms with Gasteiger partial charge in [-0.05, 0) is 81.3 Å². The van der Waals surface area contributed by atoms with Crippen LogP contribution in [0.5, 0.6) is 5.75 Å². The fraction of sp³-hybridized carbons (Fsp3) is 0.464. The minimum atomic E-state index is -0.413. The van der Waals surface area contributed by atoms with Crippen molar-refractivity contribution in [3.05, 3.63) is 48.1 Å². The summed E-state index contributed by atoms with van der Waals surface area (Å²) in [6.07, 6.45) is 8.69. The van der Waals surface area contributed by atoms with Crippen LogP contribution in [-0.4, -0.2) is 59.1 Å². The van der Waals surface area contributed by atoms with E-state index >= 15 is 0 Å².